The monoisotopic (exact) mass is 386 g/mol. The van der Waals surface area contributed by atoms with Crippen molar-refractivity contribution in [2.24, 2.45) is 5.41 Å². The summed E-state index contributed by atoms with van der Waals surface area (Å²) in [6.45, 7) is 3.34. The molecule has 2 heterocycles. The van der Waals surface area contributed by atoms with Crippen LogP contribution in [0.2, 0.25) is 5.02 Å². The number of carbonyl (C=O) groups is 2. The molecule has 2 aliphatic rings. The van der Waals surface area contributed by atoms with Gasteiger partial charge in [-0.3, -0.25) is 9.59 Å². The van der Waals surface area contributed by atoms with Crippen molar-refractivity contribution in [2.75, 3.05) is 13.1 Å². The highest BCUT2D eigenvalue weighted by Gasteiger charge is 2.45. The van der Waals surface area contributed by atoms with Gasteiger partial charge in [-0.2, -0.15) is 5.10 Å². The molecule has 7 heteroatoms. The highest BCUT2D eigenvalue weighted by atomic mass is 35.5. The molecule has 6 nitrogen and oxygen atoms in total. The Morgan fingerprint density at radius 2 is 1.81 bits per heavy atom. The fraction of sp³-hybridized carbons (Fsp3) is 0.450. The lowest BCUT2D eigenvalue weighted by Crippen LogP contribution is -2.49. The van der Waals surface area contributed by atoms with Crippen molar-refractivity contribution in [1.82, 2.24) is 20.0 Å². The van der Waals surface area contributed by atoms with Gasteiger partial charge in [0.05, 0.1) is 17.4 Å². The van der Waals surface area contributed by atoms with Gasteiger partial charge in [-0.15, -0.1) is 0 Å². The first kappa shape index (κ1) is 18.0. The summed E-state index contributed by atoms with van der Waals surface area (Å²) < 4.78 is 1.61. The Bertz CT molecular complexity index is 847. The third kappa shape index (κ3) is 3.86. The van der Waals surface area contributed by atoms with E-state index in [2.05, 4.69) is 10.4 Å². The van der Waals surface area contributed by atoms with Gasteiger partial charge in [0.2, 0.25) is 5.91 Å². The second kappa shape index (κ2) is 7.00. The molecular formula is C20H23ClN4O2. The first-order valence-corrected chi connectivity index (χ1v) is 9.74. The zero-order valence-corrected chi connectivity index (χ0v) is 16.1. The van der Waals surface area contributed by atoms with E-state index in [9.17, 15) is 9.59 Å². The summed E-state index contributed by atoms with van der Waals surface area (Å²) in [6.07, 6.45) is 7.94. The molecule has 4 rings (SSSR count). The van der Waals surface area contributed by atoms with E-state index in [0.29, 0.717) is 16.0 Å². The van der Waals surface area contributed by atoms with Gasteiger partial charge >= 0.3 is 0 Å². The smallest absolute Gasteiger partial charge is 0.255 e. The molecule has 1 aliphatic carbocycles. The maximum atomic E-state index is 12.6. The van der Waals surface area contributed by atoms with Gasteiger partial charge in [-0.1, -0.05) is 11.6 Å². The zero-order chi connectivity index (χ0) is 19.0. The van der Waals surface area contributed by atoms with Gasteiger partial charge in [-0.05, 0) is 62.3 Å². The van der Waals surface area contributed by atoms with Crippen molar-refractivity contribution in [3.63, 3.8) is 0 Å². The predicted octanol–water partition coefficient (Wildman–Crippen LogP) is 3.05. The van der Waals surface area contributed by atoms with Gasteiger partial charge in [0.15, 0.2) is 0 Å². The molecule has 1 N–H and O–H groups in total. The van der Waals surface area contributed by atoms with E-state index in [4.69, 9.17) is 11.6 Å². The first-order chi connectivity index (χ1) is 13.0. The average molecular weight is 387 g/mol. The maximum absolute atomic E-state index is 12.6. The quantitative estimate of drug-likeness (QED) is 0.878. The second-order valence-electron chi connectivity index (χ2n) is 7.67. The van der Waals surface area contributed by atoms with Crippen LogP contribution in [0, 0.1) is 5.41 Å². The van der Waals surface area contributed by atoms with Gasteiger partial charge in [0, 0.05) is 24.3 Å². The number of nitrogens with one attached hydrogen (secondary N) is 1. The minimum atomic E-state index is -0.551. The van der Waals surface area contributed by atoms with Gasteiger partial charge in [0.25, 0.3) is 5.91 Å². The Morgan fingerprint density at radius 3 is 2.44 bits per heavy atom. The number of nitrogens with zero attached hydrogens (tertiary/aromatic N) is 3. The summed E-state index contributed by atoms with van der Waals surface area (Å²) in [5.41, 5.74) is 1.75. The standard InChI is InChI=1S/C20H23ClN4O2/c1-14(19(27)24-10-8-20(6-7-20)9-11-24)23-18(26)15-12-22-25(13-15)17-4-2-16(21)3-5-17/h2-5,12-14H,6-11H2,1H3,(H,23,26)/t14-/m0/s1. The summed E-state index contributed by atoms with van der Waals surface area (Å²) in [5.74, 6) is -0.310. The van der Waals surface area contributed by atoms with E-state index >= 15 is 0 Å². The molecule has 2 amide bonds. The number of likely N-dealkylation sites (tertiary alicyclic amines) is 1. The molecule has 1 saturated heterocycles. The number of halogens is 1. The number of rotatable bonds is 4. The number of aromatic nitrogens is 2. The molecule has 1 atom stereocenters. The molecule has 1 saturated carbocycles. The van der Waals surface area contributed by atoms with Crippen LogP contribution in [0.3, 0.4) is 0 Å². The molecule has 2 aromatic rings. The van der Waals surface area contributed by atoms with Crippen molar-refractivity contribution in [3.05, 3.63) is 47.2 Å². The fourth-order valence-electron chi connectivity index (χ4n) is 3.67. The van der Waals surface area contributed by atoms with Crippen molar-refractivity contribution < 1.29 is 9.59 Å². The Kier molecular flexibility index (Phi) is 4.68. The molecule has 1 spiro atoms. The Balaban J connectivity index is 1.35. The predicted molar refractivity (Wildman–Crippen MR) is 103 cm³/mol. The summed E-state index contributed by atoms with van der Waals surface area (Å²) in [5, 5.41) is 7.66. The lowest BCUT2D eigenvalue weighted by atomic mass is 9.93. The topological polar surface area (TPSA) is 67.2 Å². The summed E-state index contributed by atoms with van der Waals surface area (Å²) >= 11 is 5.90. The zero-order valence-electron chi connectivity index (χ0n) is 15.3. The van der Waals surface area contributed by atoms with Crippen LogP contribution in [0.25, 0.3) is 5.69 Å². The van der Waals surface area contributed by atoms with E-state index < -0.39 is 6.04 Å². The highest BCUT2D eigenvalue weighted by molar-refractivity contribution is 6.30. The van der Waals surface area contributed by atoms with E-state index in [1.54, 1.807) is 29.9 Å². The molecule has 1 aromatic carbocycles. The lowest BCUT2D eigenvalue weighted by Gasteiger charge is -2.33. The summed E-state index contributed by atoms with van der Waals surface area (Å²) in [6, 6.07) is 6.63. The number of hydrogen-bond acceptors (Lipinski definition) is 3. The normalized spacial score (nSPS) is 19.0. The first-order valence-electron chi connectivity index (χ1n) is 9.36. The third-order valence-corrected chi connectivity index (χ3v) is 6.00. The van der Waals surface area contributed by atoms with Gasteiger partial charge in [0.1, 0.15) is 6.04 Å². The number of amides is 2. The van der Waals surface area contributed by atoms with Crippen molar-refractivity contribution in [2.45, 2.75) is 38.6 Å². The highest BCUT2D eigenvalue weighted by Crippen LogP contribution is 2.53. The molecule has 1 aliphatic heterocycles. The molecule has 0 bridgehead atoms. The average Bonchev–Trinajstić information content (AvgIpc) is 3.23. The summed E-state index contributed by atoms with van der Waals surface area (Å²) in [4.78, 5) is 27.0. The molecule has 27 heavy (non-hydrogen) atoms. The molecule has 1 aromatic heterocycles. The van der Waals surface area contributed by atoms with E-state index in [1.165, 1.54) is 19.0 Å². The SMILES string of the molecule is C[C@H](NC(=O)c1cnn(-c2ccc(Cl)cc2)c1)C(=O)N1CCC2(CC1)CC2. The number of carbonyl (C=O) groups excluding carboxylic acids is 2. The summed E-state index contributed by atoms with van der Waals surface area (Å²) in [7, 11) is 0. The molecular weight excluding hydrogens is 364 g/mol. The molecule has 2 fully saturated rings. The Hall–Kier alpha value is -2.34. The minimum absolute atomic E-state index is 0.0102. The van der Waals surface area contributed by atoms with Crippen LogP contribution in [0.15, 0.2) is 36.7 Å². The minimum Gasteiger partial charge on any atom is -0.341 e. The van der Waals surface area contributed by atoms with E-state index in [0.717, 1.165) is 31.6 Å². The van der Waals surface area contributed by atoms with Crippen LogP contribution in [-0.2, 0) is 4.79 Å². The van der Waals surface area contributed by atoms with E-state index in [1.807, 2.05) is 17.0 Å². The maximum Gasteiger partial charge on any atom is 0.255 e. The van der Waals surface area contributed by atoms with Crippen LogP contribution >= 0.6 is 11.6 Å². The van der Waals surface area contributed by atoms with Crippen molar-refractivity contribution >= 4 is 23.4 Å². The van der Waals surface area contributed by atoms with Crippen molar-refractivity contribution in [1.29, 1.82) is 0 Å². The molecule has 142 valence electrons. The Morgan fingerprint density at radius 1 is 1.15 bits per heavy atom. The molecule has 0 radical (unpaired) electrons. The Labute approximate surface area is 163 Å². The molecule has 0 unspecified atom stereocenters. The van der Waals surface area contributed by atoms with Crippen LogP contribution in [0.5, 0.6) is 0 Å². The van der Waals surface area contributed by atoms with Gasteiger partial charge in [-0.25, -0.2) is 4.68 Å². The van der Waals surface area contributed by atoms with Crippen LogP contribution in [0.4, 0.5) is 0 Å². The van der Waals surface area contributed by atoms with Gasteiger partial charge < -0.3 is 10.2 Å². The van der Waals surface area contributed by atoms with E-state index in [-0.39, 0.29) is 11.8 Å². The lowest BCUT2D eigenvalue weighted by molar-refractivity contribution is -0.134. The second-order valence-corrected chi connectivity index (χ2v) is 8.11. The number of benzene rings is 1. The van der Waals surface area contributed by atoms with Crippen LogP contribution < -0.4 is 5.32 Å². The van der Waals surface area contributed by atoms with Crippen LogP contribution in [0.1, 0.15) is 43.0 Å². The number of hydrogen-bond donors (Lipinski definition) is 1. The largest absolute Gasteiger partial charge is 0.341 e. The van der Waals surface area contributed by atoms with Crippen LogP contribution in [-0.4, -0.2) is 45.6 Å². The fourth-order valence-corrected chi connectivity index (χ4v) is 3.79. The number of piperidine rings is 1. The third-order valence-electron chi connectivity index (χ3n) is 5.75. The van der Waals surface area contributed by atoms with Crippen molar-refractivity contribution in [3.8, 4) is 5.69 Å².